The second-order valence-corrected chi connectivity index (χ2v) is 3.77. The maximum absolute atomic E-state index is 5.51. The van der Waals surface area contributed by atoms with Gasteiger partial charge in [-0.25, -0.2) is 0 Å². The number of hydrogen-bond donors (Lipinski definition) is 1. The molecule has 0 spiro atoms. The van der Waals surface area contributed by atoms with Gasteiger partial charge in [0.15, 0.2) is 0 Å². The van der Waals surface area contributed by atoms with Crippen LogP contribution in [0.1, 0.15) is 26.2 Å². The van der Waals surface area contributed by atoms with Crippen molar-refractivity contribution < 1.29 is 9.15 Å². The Labute approximate surface area is 102 Å². The molecule has 0 aromatic carbocycles. The van der Waals surface area contributed by atoms with Gasteiger partial charge >= 0.3 is 6.01 Å². The van der Waals surface area contributed by atoms with Gasteiger partial charge in [0.25, 0.3) is 0 Å². The molecule has 0 aliphatic rings. The average Bonchev–Trinajstić information content (AvgIpc) is 2.78. The summed E-state index contributed by atoms with van der Waals surface area (Å²) in [6.45, 7) is 7.82. The van der Waals surface area contributed by atoms with Crippen molar-refractivity contribution in [2.75, 3.05) is 38.3 Å². The van der Waals surface area contributed by atoms with Crippen LogP contribution in [0.25, 0.3) is 0 Å². The Morgan fingerprint density at radius 1 is 1.35 bits per heavy atom. The molecule has 0 aliphatic heterocycles. The second kappa shape index (κ2) is 8.03. The molecule has 1 rings (SSSR count). The molecule has 0 saturated carbocycles. The van der Waals surface area contributed by atoms with E-state index in [1.54, 1.807) is 0 Å². The molecule has 0 fully saturated rings. The average molecular weight is 242 g/mol. The molecule has 6 nitrogen and oxygen atoms in total. The van der Waals surface area contributed by atoms with Crippen LogP contribution in [-0.2, 0) is 11.3 Å². The first-order valence-electron chi connectivity index (χ1n) is 6.09. The summed E-state index contributed by atoms with van der Waals surface area (Å²) in [7, 11) is 1.91. The molecular weight excluding hydrogens is 220 g/mol. The van der Waals surface area contributed by atoms with E-state index >= 15 is 0 Å². The Hall–Kier alpha value is -1.14. The largest absolute Gasteiger partial charge is 0.407 e. The van der Waals surface area contributed by atoms with Gasteiger partial charge in [0.1, 0.15) is 0 Å². The fourth-order valence-electron chi connectivity index (χ4n) is 1.28. The number of nitrogens with zero attached hydrogens (tertiary/aromatic N) is 3. The SMILES string of the molecule is CCCNCc1nnc(N(C)CCOCC)o1. The predicted molar refractivity (Wildman–Crippen MR) is 66.1 cm³/mol. The van der Waals surface area contributed by atoms with Crippen LogP contribution in [0.3, 0.4) is 0 Å². The minimum Gasteiger partial charge on any atom is -0.407 e. The van der Waals surface area contributed by atoms with Crippen LogP contribution >= 0.6 is 0 Å². The summed E-state index contributed by atoms with van der Waals surface area (Å²) in [4.78, 5) is 1.89. The highest BCUT2D eigenvalue weighted by molar-refractivity contribution is 5.21. The van der Waals surface area contributed by atoms with Crippen LogP contribution in [0.5, 0.6) is 0 Å². The second-order valence-electron chi connectivity index (χ2n) is 3.77. The van der Waals surface area contributed by atoms with Crippen molar-refractivity contribution in [3.8, 4) is 0 Å². The Balaban J connectivity index is 2.33. The van der Waals surface area contributed by atoms with E-state index in [-0.39, 0.29) is 0 Å². The molecule has 1 heterocycles. The zero-order chi connectivity index (χ0) is 12.5. The van der Waals surface area contributed by atoms with E-state index in [1.165, 1.54) is 0 Å². The van der Waals surface area contributed by atoms with Gasteiger partial charge in [0.05, 0.1) is 13.2 Å². The lowest BCUT2D eigenvalue weighted by Crippen LogP contribution is -2.22. The van der Waals surface area contributed by atoms with Gasteiger partial charge in [0.2, 0.25) is 5.89 Å². The number of hydrogen-bond acceptors (Lipinski definition) is 6. The molecule has 98 valence electrons. The van der Waals surface area contributed by atoms with Gasteiger partial charge in [-0.1, -0.05) is 12.0 Å². The number of anilines is 1. The zero-order valence-corrected chi connectivity index (χ0v) is 10.9. The van der Waals surface area contributed by atoms with Gasteiger partial charge in [-0.3, -0.25) is 0 Å². The van der Waals surface area contributed by atoms with Gasteiger partial charge in [-0.2, -0.15) is 0 Å². The highest BCUT2D eigenvalue weighted by Crippen LogP contribution is 2.09. The normalized spacial score (nSPS) is 10.8. The van der Waals surface area contributed by atoms with Crippen LogP contribution in [0.15, 0.2) is 4.42 Å². The van der Waals surface area contributed by atoms with E-state index in [4.69, 9.17) is 9.15 Å². The van der Waals surface area contributed by atoms with E-state index in [2.05, 4.69) is 22.4 Å². The Morgan fingerprint density at radius 3 is 2.88 bits per heavy atom. The molecule has 1 N–H and O–H groups in total. The van der Waals surface area contributed by atoms with E-state index < -0.39 is 0 Å². The van der Waals surface area contributed by atoms with Crippen molar-refractivity contribution in [3.05, 3.63) is 5.89 Å². The Morgan fingerprint density at radius 2 is 2.18 bits per heavy atom. The van der Waals surface area contributed by atoms with Gasteiger partial charge in [-0.05, 0) is 19.9 Å². The Bertz CT molecular complexity index is 303. The molecule has 0 atom stereocenters. The standard InChI is InChI=1S/C11H22N4O2/c1-4-6-12-9-10-13-14-11(17-10)15(3)7-8-16-5-2/h12H,4-9H2,1-3H3. The molecule has 0 saturated heterocycles. The monoisotopic (exact) mass is 242 g/mol. The quantitative estimate of drug-likeness (QED) is 0.653. The molecule has 0 radical (unpaired) electrons. The van der Waals surface area contributed by atoms with Gasteiger partial charge < -0.3 is 19.4 Å². The summed E-state index contributed by atoms with van der Waals surface area (Å²) in [5.74, 6) is 0.622. The third kappa shape index (κ3) is 5.14. The minimum absolute atomic E-state index is 0.540. The Kier molecular flexibility index (Phi) is 6.57. The smallest absolute Gasteiger partial charge is 0.318 e. The summed E-state index contributed by atoms with van der Waals surface area (Å²) < 4.78 is 10.8. The van der Waals surface area contributed by atoms with Crippen molar-refractivity contribution in [2.24, 2.45) is 0 Å². The number of ether oxygens (including phenoxy) is 1. The van der Waals surface area contributed by atoms with Crippen LogP contribution in [-0.4, -0.2) is 43.5 Å². The molecule has 1 aromatic heterocycles. The molecule has 0 aliphatic carbocycles. The highest BCUT2D eigenvalue weighted by atomic mass is 16.5. The lowest BCUT2D eigenvalue weighted by atomic mass is 10.5. The van der Waals surface area contributed by atoms with Gasteiger partial charge in [-0.15, -0.1) is 5.10 Å². The lowest BCUT2D eigenvalue weighted by Gasteiger charge is -2.12. The first-order chi connectivity index (χ1) is 8.27. The van der Waals surface area contributed by atoms with Crippen LogP contribution in [0.2, 0.25) is 0 Å². The molecule has 17 heavy (non-hydrogen) atoms. The minimum atomic E-state index is 0.540. The lowest BCUT2D eigenvalue weighted by molar-refractivity contribution is 0.154. The summed E-state index contributed by atoms with van der Waals surface area (Å²) in [5, 5.41) is 11.2. The summed E-state index contributed by atoms with van der Waals surface area (Å²) in [6, 6.07) is 0.540. The third-order valence-electron chi connectivity index (χ3n) is 2.26. The van der Waals surface area contributed by atoms with Crippen molar-refractivity contribution in [3.63, 3.8) is 0 Å². The fourth-order valence-corrected chi connectivity index (χ4v) is 1.28. The molecule has 1 aromatic rings. The maximum Gasteiger partial charge on any atom is 0.318 e. The van der Waals surface area contributed by atoms with Crippen LogP contribution < -0.4 is 10.2 Å². The summed E-state index contributed by atoms with van der Waals surface area (Å²) in [6.07, 6.45) is 1.09. The molecule has 0 unspecified atom stereocenters. The molecule has 0 bridgehead atoms. The van der Waals surface area contributed by atoms with Crippen LogP contribution in [0.4, 0.5) is 6.01 Å². The summed E-state index contributed by atoms with van der Waals surface area (Å²) >= 11 is 0. The van der Waals surface area contributed by atoms with Crippen molar-refractivity contribution in [1.82, 2.24) is 15.5 Å². The number of rotatable bonds is 9. The molecule has 6 heteroatoms. The first kappa shape index (κ1) is 13.9. The number of nitrogens with one attached hydrogen (secondary N) is 1. The third-order valence-corrected chi connectivity index (χ3v) is 2.26. The van der Waals surface area contributed by atoms with Crippen molar-refractivity contribution >= 4 is 6.01 Å². The van der Waals surface area contributed by atoms with E-state index in [9.17, 15) is 0 Å². The first-order valence-corrected chi connectivity index (χ1v) is 6.09. The van der Waals surface area contributed by atoms with Crippen molar-refractivity contribution in [2.45, 2.75) is 26.8 Å². The summed E-state index contributed by atoms with van der Waals surface area (Å²) in [5.41, 5.74) is 0. The van der Waals surface area contributed by atoms with E-state index in [0.29, 0.717) is 25.1 Å². The van der Waals surface area contributed by atoms with E-state index in [1.807, 2.05) is 18.9 Å². The topological polar surface area (TPSA) is 63.4 Å². The molecule has 0 amide bonds. The number of aromatic nitrogens is 2. The predicted octanol–water partition coefficient (Wildman–Crippen LogP) is 1.04. The zero-order valence-electron chi connectivity index (χ0n) is 10.9. The van der Waals surface area contributed by atoms with Crippen molar-refractivity contribution in [1.29, 1.82) is 0 Å². The van der Waals surface area contributed by atoms with E-state index in [0.717, 1.165) is 26.1 Å². The highest BCUT2D eigenvalue weighted by Gasteiger charge is 2.09. The van der Waals surface area contributed by atoms with Gasteiger partial charge in [0, 0.05) is 20.2 Å². The number of likely N-dealkylation sites (N-methyl/N-ethyl adjacent to an activating group) is 1. The molecular formula is C11H22N4O2. The van der Waals surface area contributed by atoms with Crippen LogP contribution in [0, 0.1) is 0 Å². The maximum atomic E-state index is 5.51. The fraction of sp³-hybridized carbons (Fsp3) is 0.818.